The van der Waals surface area contributed by atoms with Crippen LogP contribution in [0, 0.1) is 10.1 Å². The molecule has 0 spiro atoms. The first-order valence-corrected chi connectivity index (χ1v) is 6.11. The molecule has 1 aromatic carbocycles. The highest BCUT2D eigenvalue weighted by Crippen LogP contribution is 2.31. The van der Waals surface area contributed by atoms with Gasteiger partial charge in [-0.05, 0) is 37.8 Å². The maximum Gasteiger partial charge on any atom is 0.311 e. The third kappa shape index (κ3) is 2.85. The van der Waals surface area contributed by atoms with Crippen LogP contribution in [0.25, 0.3) is 0 Å². The lowest BCUT2D eigenvalue weighted by Crippen LogP contribution is -2.20. The van der Waals surface area contributed by atoms with Crippen molar-refractivity contribution in [2.75, 3.05) is 0 Å². The zero-order valence-corrected chi connectivity index (χ0v) is 10.0. The number of hydrogen-bond donors (Lipinski definition) is 0. The Balaban J connectivity index is 2.20. The van der Waals surface area contributed by atoms with Crippen molar-refractivity contribution in [3.8, 4) is 5.75 Å². The summed E-state index contributed by atoms with van der Waals surface area (Å²) in [5.74, 6) is 0.262. The van der Waals surface area contributed by atoms with E-state index in [2.05, 4.69) is 0 Å². The second-order valence-corrected chi connectivity index (χ2v) is 4.48. The Labute approximate surface area is 105 Å². The van der Waals surface area contributed by atoms with Crippen molar-refractivity contribution in [3.05, 3.63) is 33.9 Å². The molecule has 0 heterocycles. The van der Waals surface area contributed by atoms with Gasteiger partial charge in [-0.15, -0.1) is 0 Å². The molecular weight excluding hydrogens is 234 g/mol. The fourth-order valence-corrected chi connectivity index (χ4v) is 2.21. The number of benzene rings is 1. The van der Waals surface area contributed by atoms with Gasteiger partial charge in [0.25, 0.3) is 0 Å². The lowest BCUT2D eigenvalue weighted by molar-refractivity contribution is -0.386. The summed E-state index contributed by atoms with van der Waals surface area (Å²) in [5.41, 5.74) is 0.155. The van der Waals surface area contributed by atoms with E-state index in [9.17, 15) is 14.9 Å². The molecule has 1 saturated carbocycles. The van der Waals surface area contributed by atoms with Crippen LogP contribution in [-0.4, -0.2) is 17.3 Å². The van der Waals surface area contributed by atoms with Crippen molar-refractivity contribution in [2.24, 2.45) is 0 Å². The monoisotopic (exact) mass is 249 g/mol. The Hall–Kier alpha value is -1.91. The highest BCUT2D eigenvalue weighted by molar-refractivity contribution is 5.77. The minimum atomic E-state index is -0.509. The van der Waals surface area contributed by atoms with Crippen LogP contribution in [0.15, 0.2) is 18.2 Å². The molecule has 18 heavy (non-hydrogen) atoms. The largest absolute Gasteiger partial charge is 0.484 e. The van der Waals surface area contributed by atoms with E-state index < -0.39 is 4.92 Å². The molecule has 1 aliphatic rings. The number of rotatable bonds is 4. The van der Waals surface area contributed by atoms with Crippen LogP contribution in [0.5, 0.6) is 5.75 Å². The molecular formula is C13H15NO4. The summed E-state index contributed by atoms with van der Waals surface area (Å²) in [4.78, 5) is 21.1. The van der Waals surface area contributed by atoms with Crippen LogP contribution in [0.2, 0.25) is 0 Å². The average Bonchev–Trinajstić information content (AvgIpc) is 2.40. The standard InChI is InChI=1S/C13H15NO4/c15-9-10-6-7-13(12(8-10)14(16)17)18-11-4-2-1-3-5-11/h6-9,11H,1-5H2. The second-order valence-electron chi connectivity index (χ2n) is 4.48. The highest BCUT2D eigenvalue weighted by atomic mass is 16.6. The summed E-state index contributed by atoms with van der Waals surface area (Å²) < 4.78 is 5.69. The molecule has 0 aliphatic heterocycles. The first-order chi connectivity index (χ1) is 8.70. The van der Waals surface area contributed by atoms with E-state index >= 15 is 0 Å². The summed E-state index contributed by atoms with van der Waals surface area (Å²) in [6, 6.07) is 4.31. The van der Waals surface area contributed by atoms with Gasteiger partial charge in [0, 0.05) is 11.6 Å². The van der Waals surface area contributed by atoms with Gasteiger partial charge >= 0.3 is 5.69 Å². The topological polar surface area (TPSA) is 69.4 Å². The van der Waals surface area contributed by atoms with Crippen molar-refractivity contribution in [3.63, 3.8) is 0 Å². The Morgan fingerprint density at radius 2 is 2.00 bits per heavy atom. The molecule has 0 radical (unpaired) electrons. The van der Waals surface area contributed by atoms with Gasteiger partial charge in [-0.3, -0.25) is 14.9 Å². The number of nitro groups is 1. The second kappa shape index (κ2) is 5.62. The van der Waals surface area contributed by atoms with E-state index in [-0.39, 0.29) is 23.1 Å². The fraction of sp³-hybridized carbons (Fsp3) is 0.462. The van der Waals surface area contributed by atoms with E-state index in [0.29, 0.717) is 6.29 Å². The van der Waals surface area contributed by atoms with Crippen LogP contribution in [0.4, 0.5) is 5.69 Å². The molecule has 1 aliphatic carbocycles. The third-order valence-corrected chi connectivity index (χ3v) is 3.16. The molecule has 5 heteroatoms. The molecule has 2 rings (SSSR count). The van der Waals surface area contributed by atoms with Crippen molar-refractivity contribution in [1.82, 2.24) is 0 Å². The Morgan fingerprint density at radius 1 is 1.28 bits per heavy atom. The van der Waals surface area contributed by atoms with Crippen LogP contribution in [0.3, 0.4) is 0 Å². The summed E-state index contributed by atoms with van der Waals surface area (Å²) in [6.07, 6.45) is 5.93. The molecule has 0 saturated heterocycles. The highest BCUT2D eigenvalue weighted by Gasteiger charge is 2.21. The van der Waals surface area contributed by atoms with Crippen molar-refractivity contribution < 1.29 is 14.5 Å². The zero-order valence-electron chi connectivity index (χ0n) is 10.0. The first kappa shape index (κ1) is 12.5. The molecule has 0 atom stereocenters. The molecule has 5 nitrogen and oxygen atoms in total. The molecule has 0 unspecified atom stereocenters. The van der Waals surface area contributed by atoms with Crippen LogP contribution < -0.4 is 4.74 Å². The Bertz CT molecular complexity index is 452. The van der Waals surface area contributed by atoms with Crippen molar-refractivity contribution >= 4 is 12.0 Å². The number of carbonyl (C=O) groups is 1. The summed E-state index contributed by atoms with van der Waals surface area (Å²) >= 11 is 0. The van der Waals surface area contributed by atoms with Crippen LogP contribution in [0.1, 0.15) is 42.5 Å². The minimum absolute atomic E-state index is 0.0551. The van der Waals surface area contributed by atoms with Gasteiger partial charge in [0.1, 0.15) is 6.29 Å². The molecule has 0 N–H and O–H groups in total. The lowest BCUT2D eigenvalue weighted by Gasteiger charge is -2.22. The van der Waals surface area contributed by atoms with E-state index in [1.807, 2.05) is 0 Å². The van der Waals surface area contributed by atoms with Crippen molar-refractivity contribution in [2.45, 2.75) is 38.2 Å². The number of ether oxygens (including phenoxy) is 1. The van der Waals surface area contributed by atoms with E-state index in [1.165, 1.54) is 24.6 Å². The zero-order chi connectivity index (χ0) is 13.0. The van der Waals surface area contributed by atoms with Crippen molar-refractivity contribution in [1.29, 1.82) is 0 Å². The SMILES string of the molecule is O=Cc1ccc(OC2CCCCC2)c([N+](=O)[O-])c1. The third-order valence-electron chi connectivity index (χ3n) is 3.16. The van der Waals surface area contributed by atoms with Crippen LogP contribution >= 0.6 is 0 Å². The number of nitrogens with zero attached hydrogens (tertiary/aromatic N) is 1. The summed E-state index contributed by atoms with van der Waals surface area (Å²) in [5, 5.41) is 10.9. The fourth-order valence-electron chi connectivity index (χ4n) is 2.21. The maximum absolute atomic E-state index is 10.9. The molecule has 1 aromatic rings. The Morgan fingerprint density at radius 3 is 2.61 bits per heavy atom. The Kier molecular flexibility index (Phi) is 3.92. The minimum Gasteiger partial charge on any atom is -0.484 e. The molecule has 0 aromatic heterocycles. The van der Waals surface area contributed by atoms with Gasteiger partial charge in [-0.2, -0.15) is 0 Å². The number of carbonyl (C=O) groups excluding carboxylic acids is 1. The van der Waals surface area contributed by atoms with Gasteiger partial charge in [-0.25, -0.2) is 0 Å². The summed E-state index contributed by atoms with van der Waals surface area (Å²) in [6.45, 7) is 0. The van der Waals surface area contributed by atoms with Crippen LogP contribution in [-0.2, 0) is 0 Å². The number of nitro benzene ring substituents is 1. The number of hydrogen-bond acceptors (Lipinski definition) is 4. The molecule has 0 bridgehead atoms. The van der Waals surface area contributed by atoms with E-state index in [4.69, 9.17) is 4.74 Å². The smallest absolute Gasteiger partial charge is 0.311 e. The predicted octanol–water partition coefficient (Wildman–Crippen LogP) is 3.12. The van der Waals surface area contributed by atoms with E-state index in [0.717, 1.165) is 25.7 Å². The maximum atomic E-state index is 10.9. The van der Waals surface area contributed by atoms with Gasteiger partial charge in [0.05, 0.1) is 11.0 Å². The van der Waals surface area contributed by atoms with E-state index in [1.54, 1.807) is 0 Å². The van der Waals surface area contributed by atoms with Gasteiger partial charge in [-0.1, -0.05) is 6.42 Å². The number of aldehydes is 1. The van der Waals surface area contributed by atoms with Gasteiger partial charge < -0.3 is 4.74 Å². The molecule has 0 amide bonds. The molecule has 96 valence electrons. The van der Waals surface area contributed by atoms with Gasteiger partial charge in [0.2, 0.25) is 0 Å². The molecule has 1 fully saturated rings. The normalized spacial score (nSPS) is 16.2. The first-order valence-electron chi connectivity index (χ1n) is 6.11. The average molecular weight is 249 g/mol. The van der Waals surface area contributed by atoms with Gasteiger partial charge in [0.15, 0.2) is 5.75 Å². The predicted molar refractivity (Wildman–Crippen MR) is 66.0 cm³/mol. The lowest BCUT2D eigenvalue weighted by atomic mass is 9.98. The summed E-state index contributed by atoms with van der Waals surface area (Å²) in [7, 11) is 0. The quantitative estimate of drug-likeness (QED) is 0.467.